The van der Waals surface area contributed by atoms with Crippen molar-refractivity contribution >= 4 is 41.2 Å². The summed E-state index contributed by atoms with van der Waals surface area (Å²) in [6.07, 6.45) is 1.54. The second-order valence-corrected chi connectivity index (χ2v) is 6.05. The van der Waals surface area contributed by atoms with E-state index in [1.54, 1.807) is 36.4 Å². The van der Waals surface area contributed by atoms with Crippen LogP contribution in [0, 0.1) is 0 Å². The molecule has 0 saturated carbocycles. The number of benzene rings is 2. The highest BCUT2D eigenvalue weighted by Gasteiger charge is 2.13. The number of ether oxygens (including phenoxy) is 2. The quantitative estimate of drug-likeness (QED) is 0.437. The SMILES string of the molecule is CC(=O)N/C(=C\c1ccccc1)C(=O)OCCOc1ccc(Cl)cc1Cl. The molecule has 0 aromatic heterocycles. The monoisotopic (exact) mass is 393 g/mol. The van der Waals surface area contributed by atoms with Gasteiger partial charge in [0.15, 0.2) is 0 Å². The summed E-state index contributed by atoms with van der Waals surface area (Å²) in [5.41, 5.74) is 0.811. The van der Waals surface area contributed by atoms with Crippen molar-refractivity contribution in [3.8, 4) is 5.75 Å². The number of halogens is 2. The molecule has 5 nitrogen and oxygen atoms in total. The molecular weight excluding hydrogens is 377 g/mol. The van der Waals surface area contributed by atoms with Crippen LogP contribution in [0.15, 0.2) is 54.2 Å². The topological polar surface area (TPSA) is 64.6 Å². The third-order valence-corrected chi connectivity index (χ3v) is 3.64. The van der Waals surface area contributed by atoms with Crippen LogP contribution in [0.5, 0.6) is 5.75 Å². The van der Waals surface area contributed by atoms with Crippen molar-refractivity contribution in [2.45, 2.75) is 6.92 Å². The first-order chi connectivity index (χ1) is 12.5. The zero-order chi connectivity index (χ0) is 18.9. The lowest BCUT2D eigenvalue weighted by Crippen LogP contribution is -2.27. The Balaban J connectivity index is 1.92. The van der Waals surface area contributed by atoms with Crippen LogP contribution in [-0.2, 0) is 14.3 Å². The Bertz CT molecular complexity index is 806. The van der Waals surface area contributed by atoms with Crippen molar-refractivity contribution in [1.82, 2.24) is 5.32 Å². The fraction of sp³-hybridized carbons (Fsp3) is 0.158. The summed E-state index contributed by atoms with van der Waals surface area (Å²) in [6, 6.07) is 14.0. The van der Waals surface area contributed by atoms with Gasteiger partial charge in [0.1, 0.15) is 24.7 Å². The standard InChI is InChI=1S/C19H17Cl2NO4/c1-13(23)22-17(11-14-5-3-2-4-6-14)19(24)26-10-9-25-18-8-7-15(20)12-16(18)21/h2-8,11-12H,9-10H2,1H3,(H,22,23)/b17-11-. The van der Waals surface area contributed by atoms with E-state index in [0.29, 0.717) is 15.8 Å². The van der Waals surface area contributed by atoms with Crippen LogP contribution in [0.3, 0.4) is 0 Å². The zero-order valence-electron chi connectivity index (χ0n) is 14.0. The third-order valence-electron chi connectivity index (χ3n) is 3.11. The Hall–Kier alpha value is -2.50. The molecule has 2 rings (SSSR count). The molecule has 0 fully saturated rings. The molecule has 0 aliphatic carbocycles. The van der Waals surface area contributed by atoms with Gasteiger partial charge in [-0.15, -0.1) is 0 Å². The van der Waals surface area contributed by atoms with Crippen molar-refractivity contribution < 1.29 is 19.1 Å². The molecule has 0 unspecified atom stereocenters. The van der Waals surface area contributed by atoms with E-state index in [4.69, 9.17) is 32.7 Å². The second kappa shape index (κ2) is 9.85. The van der Waals surface area contributed by atoms with Crippen molar-refractivity contribution in [3.05, 3.63) is 69.8 Å². The van der Waals surface area contributed by atoms with E-state index >= 15 is 0 Å². The lowest BCUT2D eigenvalue weighted by molar-refractivity contribution is -0.141. The summed E-state index contributed by atoms with van der Waals surface area (Å²) < 4.78 is 10.6. The highest BCUT2D eigenvalue weighted by atomic mass is 35.5. The molecule has 136 valence electrons. The van der Waals surface area contributed by atoms with E-state index in [1.165, 1.54) is 6.92 Å². The first kappa shape index (κ1) is 19.8. The fourth-order valence-electron chi connectivity index (χ4n) is 2.01. The summed E-state index contributed by atoms with van der Waals surface area (Å²) in [7, 11) is 0. The van der Waals surface area contributed by atoms with Gasteiger partial charge in [-0.2, -0.15) is 0 Å². The van der Waals surface area contributed by atoms with Gasteiger partial charge in [0.2, 0.25) is 5.91 Å². The van der Waals surface area contributed by atoms with Gasteiger partial charge in [-0.3, -0.25) is 4.79 Å². The predicted octanol–water partition coefficient (Wildman–Crippen LogP) is 4.09. The molecule has 7 heteroatoms. The van der Waals surface area contributed by atoms with Gasteiger partial charge >= 0.3 is 5.97 Å². The summed E-state index contributed by atoms with van der Waals surface area (Å²) in [5, 5.41) is 3.34. The number of rotatable bonds is 7. The summed E-state index contributed by atoms with van der Waals surface area (Å²) in [4.78, 5) is 23.5. The molecule has 1 amide bonds. The van der Waals surface area contributed by atoms with Crippen molar-refractivity contribution in [1.29, 1.82) is 0 Å². The van der Waals surface area contributed by atoms with Crippen LogP contribution >= 0.6 is 23.2 Å². The lowest BCUT2D eigenvalue weighted by atomic mass is 10.2. The molecule has 0 saturated heterocycles. The van der Waals surface area contributed by atoms with Crippen molar-refractivity contribution in [2.75, 3.05) is 13.2 Å². The third kappa shape index (κ3) is 6.43. The number of carbonyl (C=O) groups excluding carboxylic acids is 2. The highest BCUT2D eigenvalue weighted by Crippen LogP contribution is 2.27. The van der Waals surface area contributed by atoms with Gasteiger partial charge in [0, 0.05) is 11.9 Å². The molecule has 0 aliphatic rings. The Morgan fingerprint density at radius 1 is 1.08 bits per heavy atom. The molecule has 0 aliphatic heterocycles. The summed E-state index contributed by atoms with van der Waals surface area (Å²) in [6.45, 7) is 1.41. The van der Waals surface area contributed by atoms with E-state index in [0.717, 1.165) is 5.56 Å². The molecule has 0 spiro atoms. The molecule has 0 heterocycles. The second-order valence-electron chi connectivity index (χ2n) is 5.21. The van der Waals surface area contributed by atoms with Gasteiger partial charge < -0.3 is 14.8 Å². The molecule has 2 aromatic carbocycles. The van der Waals surface area contributed by atoms with Gasteiger partial charge in [-0.25, -0.2) is 4.79 Å². The normalized spacial score (nSPS) is 11.0. The molecule has 2 aromatic rings. The largest absolute Gasteiger partial charge is 0.488 e. The number of carbonyl (C=O) groups is 2. The van der Waals surface area contributed by atoms with Crippen molar-refractivity contribution in [2.24, 2.45) is 0 Å². The average molecular weight is 394 g/mol. The maximum absolute atomic E-state index is 12.2. The van der Waals surface area contributed by atoms with Gasteiger partial charge in [0.25, 0.3) is 0 Å². The summed E-state index contributed by atoms with van der Waals surface area (Å²) in [5.74, 6) is -0.586. The zero-order valence-corrected chi connectivity index (χ0v) is 15.5. The van der Waals surface area contributed by atoms with E-state index in [9.17, 15) is 9.59 Å². The highest BCUT2D eigenvalue weighted by molar-refractivity contribution is 6.35. The average Bonchev–Trinajstić information content (AvgIpc) is 2.60. The number of nitrogens with one attached hydrogen (secondary N) is 1. The Kier molecular flexibility index (Phi) is 7.51. The Morgan fingerprint density at radius 2 is 1.81 bits per heavy atom. The molecule has 0 bridgehead atoms. The van der Waals surface area contributed by atoms with Crippen LogP contribution in [0.2, 0.25) is 10.0 Å². The molecule has 1 N–H and O–H groups in total. The van der Waals surface area contributed by atoms with Crippen molar-refractivity contribution in [3.63, 3.8) is 0 Å². The Morgan fingerprint density at radius 3 is 2.46 bits per heavy atom. The smallest absolute Gasteiger partial charge is 0.354 e. The first-order valence-electron chi connectivity index (χ1n) is 7.75. The first-order valence-corrected chi connectivity index (χ1v) is 8.50. The maximum atomic E-state index is 12.2. The van der Waals surface area contributed by atoms with Crippen LogP contribution in [0.4, 0.5) is 0 Å². The molecular formula is C19H17Cl2NO4. The predicted molar refractivity (Wildman–Crippen MR) is 101 cm³/mol. The Labute approximate surface area is 161 Å². The molecule has 0 atom stereocenters. The number of esters is 1. The van der Waals surface area contributed by atoms with Crippen LogP contribution < -0.4 is 10.1 Å². The fourth-order valence-corrected chi connectivity index (χ4v) is 2.47. The number of amides is 1. The summed E-state index contributed by atoms with van der Waals surface area (Å²) >= 11 is 11.8. The number of hydrogen-bond donors (Lipinski definition) is 1. The number of hydrogen-bond acceptors (Lipinski definition) is 4. The minimum Gasteiger partial charge on any atom is -0.488 e. The maximum Gasteiger partial charge on any atom is 0.354 e. The molecule has 0 radical (unpaired) electrons. The van der Waals surface area contributed by atoms with Crippen LogP contribution in [-0.4, -0.2) is 25.1 Å². The van der Waals surface area contributed by atoms with Crippen LogP contribution in [0.25, 0.3) is 6.08 Å². The van der Waals surface area contributed by atoms with Gasteiger partial charge in [-0.05, 0) is 29.8 Å². The minimum absolute atomic E-state index is 0.0104. The van der Waals surface area contributed by atoms with Gasteiger partial charge in [-0.1, -0.05) is 53.5 Å². The lowest BCUT2D eigenvalue weighted by Gasteiger charge is -2.11. The van der Waals surface area contributed by atoms with E-state index in [-0.39, 0.29) is 24.8 Å². The van der Waals surface area contributed by atoms with E-state index in [1.807, 2.05) is 18.2 Å². The molecule has 26 heavy (non-hydrogen) atoms. The van der Waals surface area contributed by atoms with E-state index in [2.05, 4.69) is 5.32 Å². The van der Waals surface area contributed by atoms with E-state index < -0.39 is 5.97 Å². The van der Waals surface area contributed by atoms with Gasteiger partial charge in [0.05, 0.1) is 5.02 Å². The van der Waals surface area contributed by atoms with Crippen LogP contribution in [0.1, 0.15) is 12.5 Å². The minimum atomic E-state index is -0.658.